The molecule has 0 spiro atoms. The van der Waals surface area contributed by atoms with Crippen LogP contribution in [0.5, 0.6) is 0 Å². The molecule has 86 valence electrons. The zero-order valence-electron chi connectivity index (χ0n) is 9.76. The van der Waals surface area contributed by atoms with E-state index in [1.807, 2.05) is 37.4 Å². The van der Waals surface area contributed by atoms with Crippen molar-refractivity contribution < 1.29 is 4.79 Å². The summed E-state index contributed by atoms with van der Waals surface area (Å²) in [7, 11) is 1.81. The van der Waals surface area contributed by atoms with E-state index in [0.717, 1.165) is 18.4 Å². The number of carbonyl (C=O) groups is 1. The van der Waals surface area contributed by atoms with E-state index < -0.39 is 0 Å². The zero-order chi connectivity index (χ0) is 11.9. The van der Waals surface area contributed by atoms with Crippen LogP contribution in [-0.2, 0) is 12.5 Å². The van der Waals surface area contributed by atoms with E-state index in [1.165, 1.54) is 0 Å². The fraction of sp³-hybridized carbons (Fsp3) is 0.286. The van der Waals surface area contributed by atoms with Crippen molar-refractivity contribution in [2.45, 2.75) is 18.3 Å². The van der Waals surface area contributed by atoms with Crippen LogP contribution in [0.4, 0.5) is 0 Å². The number of hydrogen-bond acceptors (Lipinski definition) is 2. The molecule has 0 aliphatic heterocycles. The standard InChI is InChI=1S/C14H14N2O/c1-16-12(7-10-15-16)13(17)14(8-9-14)11-5-3-2-4-6-11/h2-7,10H,8-9H2,1H3. The second-order valence-electron chi connectivity index (χ2n) is 4.62. The molecule has 1 heterocycles. The molecule has 1 aromatic heterocycles. The van der Waals surface area contributed by atoms with E-state index in [9.17, 15) is 4.79 Å². The van der Waals surface area contributed by atoms with Crippen molar-refractivity contribution >= 4 is 5.78 Å². The van der Waals surface area contributed by atoms with Crippen molar-refractivity contribution in [3.63, 3.8) is 0 Å². The third kappa shape index (κ3) is 1.50. The van der Waals surface area contributed by atoms with Gasteiger partial charge in [-0.2, -0.15) is 5.10 Å². The molecule has 1 aliphatic rings. The summed E-state index contributed by atoms with van der Waals surface area (Å²) >= 11 is 0. The Labute approximate surface area is 100 Å². The molecule has 17 heavy (non-hydrogen) atoms. The van der Waals surface area contributed by atoms with Gasteiger partial charge in [-0.25, -0.2) is 0 Å². The monoisotopic (exact) mass is 226 g/mol. The number of carbonyl (C=O) groups excluding carboxylic acids is 1. The number of hydrogen-bond donors (Lipinski definition) is 0. The van der Waals surface area contributed by atoms with Crippen LogP contribution in [0, 0.1) is 0 Å². The minimum Gasteiger partial charge on any atom is -0.291 e. The zero-order valence-corrected chi connectivity index (χ0v) is 9.76. The van der Waals surface area contributed by atoms with Crippen LogP contribution < -0.4 is 0 Å². The predicted molar refractivity (Wildman–Crippen MR) is 64.9 cm³/mol. The minimum atomic E-state index is -0.283. The number of aryl methyl sites for hydroxylation is 1. The van der Waals surface area contributed by atoms with Crippen molar-refractivity contribution in [2.75, 3.05) is 0 Å². The average molecular weight is 226 g/mol. The molecule has 1 saturated carbocycles. The molecular formula is C14H14N2O. The first-order chi connectivity index (χ1) is 8.24. The Morgan fingerprint density at radius 3 is 2.47 bits per heavy atom. The highest BCUT2D eigenvalue weighted by Gasteiger charge is 2.51. The van der Waals surface area contributed by atoms with E-state index in [0.29, 0.717) is 5.69 Å². The van der Waals surface area contributed by atoms with E-state index in [2.05, 4.69) is 5.10 Å². The molecule has 0 saturated heterocycles. The number of rotatable bonds is 3. The summed E-state index contributed by atoms with van der Waals surface area (Å²) < 4.78 is 1.66. The first-order valence-corrected chi connectivity index (χ1v) is 5.82. The Balaban J connectivity index is 2.00. The Bertz CT molecular complexity index is 553. The molecular weight excluding hydrogens is 212 g/mol. The molecule has 2 aromatic rings. The van der Waals surface area contributed by atoms with Gasteiger partial charge in [-0.05, 0) is 24.5 Å². The lowest BCUT2D eigenvalue weighted by Crippen LogP contribution is -2.23. The first kappa shape index (κ1) is 10.3. The summed E-state index contributed by atoms with van der Waals surface area (Å²) in [6.45, 7) is 0. The number of ketones is 1. The second kappa shape index (κ2) is 3.55. The van der Waals surface area contributed by atoms with Gasteiger partial charge < -0.3 is 0 Å². The highest BCUT2D eigenvalue weighted by Crippen LogP contribution is 2.50. The fourth-order valence-electron chi connectivity index (χ4n) is 2.37. The molecule has 3 rings (SSSR count). The predicted octanol–water partition coefficient (Wildman–Crippen LogP) is 2.33. The number of nitrogens with zero attached hydrogens (tertiary/aromatic N) is 2. The van der Waals surface area contributed by atoms with Crippen LogP contribution in [0.25, 0.3) is 0 Å². The molecule has 0 N–H and O–H groups in total. The normalized spacial score (nSPS) is 16.8. The summed E-state index contributed by atoms with van der Waals surface area (Å²) in [4.78, 5) is 12.6. The van der Waals surface area contributed by atoms with Gasteiger partial charge in [0.15, 0.2) is 5.78 Å². The topological polar surface area (TPSA) is 34.9 Å². The van der Waals surface area contributed by atoms with E-state index in [1.54, 1.807) is 16.9 Å². The Kier molecular flexibility index (Phi) is 2.15. The van der Waals surface area contributed by atoms with Gasteiger partial charge >= 0.3 is 0 Å². The van der Waals surface area contributed by atoms with Crippen molar-refractivity contribution in [1.29, 1.82) is 0 Å². The summed E-state index contributed by atoms with van der Waals surface area (Å²) in [5.74, 6) is 0.198. The Hall–Kier alpha value is -1.90. The van der Waals surface area contributed by atoms with Crippen LogP contribution in [-0.4, -0.2) is 15.6 Å². The van der Waals surface area contributed by atoms with E-state index >= 15 is 0 Å². The van der Waals surface area contributed by atoms with Gasteiger partial charge in [-0.1, -0.05) is 30.3 Å². The molecule has 0 unspecified atom stereocenters. The maximum atomic E-state index is 12.6. The molecule has 0 amide bonds. The van der Waals surface area contributed by atoms with Crippen molar-refractivity contribution in [3.05, 3.63) is 53.9 Å². The van der Waals surface area contributed by atoms with Crippen LogP contribution in [0.3, 0.4) is 0 Å². The van der Waals surface area contributed by atoms with Gasteiger partial charge in [-0.3, -0.25) is 9.48 Å². The van der Waals surface area contributed by atoms with Gasteiger partial charge in [0.25, 0.3) is 0 Å². The maximum absolute atomic E-state index is 12.6. The lowest BCUT2D eigenvalue weighted by Gasteiger charge is -2.14. The molecule has 0 bridgehead atoms. The third-order valence-corrected chi connectivity index (χ3v) is 3.56. The van der Waals surface area contributed by atoms with Gasteiger partial charge in [-0.15, -0.1) is 0 Å². The lowest BCUT2D eigenvalue weighted by atomic mass is 9.90. The highest BCUT2D eigenvalue weighted by atomic mass is 16.1. The van der Waals surface area contributed by atoms with Gasteiger partial charge in [0.05, 0.1) is 5.41 Å². The molecule has 1 aliphatic carbocycles. The van der Waals surface area contributed by atoms with Gasteiger partial charge in [0.2, 0.25) is 0 Å². The SMILES string of the molecule is Cn1nccc1C(=O)C1(c2ccccc2)CC1. The van der Waals surface area contributed by atoms with E-state index in [-0.39, 0.29) is 11.2 Å². The summed E-state index contributed by atoms with van der Waals surface area (Å²) in [6, 6.07) is 11.8. The summed E-state index contributed by atoms with van der Waals surface area (Å²) in [5, 5.41) is 4.07. The minimum absolute atomic E-state index is 0.198. The summed E-state index contributed by atoms with van der Waals surface area (Å²) in [6.07, 6.45) is 3.57. The van der Waals surface area contributed by atoms with Crippen LogP contribution in [0.1, 0.15) is 28.9 Å². The van der Waals surface area contributed by atoms with Crippen LogP contribution in [0.15, 0.2) is 42.6 Å². The Morgan fingerprint density at radius 2 is 1.94 bits per heavy atom. The third-order valence-electron chi connectivity index (χ3n) is 3.56. The maximum Gasteiger partial charge on any atom is 0.191 e. The molecule has 3 nitrogen and oxygen atoms in total. The molecule has 3 heteroatoms. The lowest BCUT2D eigenvalue weighted by molar-refractivity contribution is 0.0936. The summed E-state index contributed by atoms with van der Waals surface area (Å²) in [5.41, 5.74) is 1.55. The number of aromatic nitrogens is 2. The Morgan fingerprint density at radius 1 is 1.24 bits per heavy atom. The average Bonchev–Trinajstić information content (AvgIpc) is 3.07. The highest BCUT2D eigenvalue weighted by molar-refractivity contribution is 6.05. The van der Waals surface area contributed by atoms with Crippen LogP contribution >= 0.6 is 0 Å². The van der Waals surface area contributed by atoms with Gasteiger partial charge in [0.1, 0.15) is 5.69 Å². The van der Waals surface area contributed by atoms with Crippen molar-refractivity contribution in [1.82, 2.24) is 9.78 Å². The van der Waals surface area contributed by atoms with Crippen molar-refractivity contribution in [3.8, 4) is 0 Å². The second-order valence-corrected chi connectivity index (χ2v) is 4.62. The van der Waals surface area contributed by atoms with E-state index in [4.69, 9.17) is 0 Å². The largest absolute Gasteiger partial charge is 0.291 e. The fourth-order valence-corrected chi connectivity index (χ4v) is 2.37. The number of benzene rings is 1. The van der Waals surface area contributed by atoms with Gasteiger partial charge in [0, 0.05) is 13.2 Å². The quantitative estimate of drug-likeness (QED) is 0.753. The molecule has 1 aromatic carbocycles. The number of Topliss-reactive ketones (excluding diaryl/α,β-unsaturated/α-hetero) is 1. The first-order valence-electron chi connectivity index (χ1n) is 5.82. The molecule has 0 atom stereocenters. The molecule has 0 radical (unpaired) electrons. The molecule has 1 fully saturated rings. The van der Waals surface area contributed by atoms with Crippen LogP contribution in [0.2, 0.25) is 0 Å². The van der Waals surface area contributed by atoms with Crippen molar-refractivity contribution in [2.24, 2.45) is 7.05 Å². The smallest absolute Gasteiger partial charge is 0.191 e.